The molecule has 2 rings (SSSR count). The molecule has 1 saturated heterocycles. The van der Waals surface area contributed by atoms with Crippen LogP contribution in [0, 0.1) is 0 Å². The fourth-order valence-corrected chi connectivity index (χ4v) is 2.31. The van der Waals surface area contributed by atoms with Crippen LogP contribution in [0.2, 0.25) is 0 Å². The molecule has 1 aliphatic rings. The second-order valence-corrected chi connectivity index (χ2v) is 5.21. The number of nitrogens with one attached hydrogen (secondary N) is 1. The van der Waals surface area contributed by atoms with E-state index in [0.717, 1.165) is 18.9 Å². The molecular weight excluding hydrogens is 254 g/mol. The zero-order valence-electron chi connectivity index (χ0n) is 12.0. The van der Waals surface area contributed by atoms with Crippen molar-refractivity contribution in [2.75, 3.05) is 24.5 Å². The van der Waals surface area contributed by atoms with Crippen molar-refractivity contribution in [2.24, 2.45) is 0 Å². The Balaban J connectivity index is 1.84. The fourth-order valence-electron chi connectivity index (χ4n) is 2.31. The number of hydrogen-bond donors (Lipinski definition) is 2. The van der Waals surface area contributed by atoms with E-state index >= 15 is 0 Å². The molecule has 1 fully saturated rings. The van der Waals surface area contributed by atoms with Crippen LogP contribution >= 0.6 is 0 Å². The van der Waals surface area contributed by atoms with E-state index in [1.165, 1.54) is 12.8 Å². The highest BCUT2D eigenvalue weighted by molar-refractivity contribution is 5.94. The van der Waals surface area contributed by atoms with Gasteiger partial charge in [0.15, 0.2) is 0 Å². The number of aliphatic hydroxyl groups is 1. The molecule has 0 radical (unpaired) electrons. The molecule has 1 aromatic heterocycles. The van der Waals surface area contributed by atoms with Crippen molar-refractivity contribution in [2.45, 2.75) is 38.7 Å². The van der Waals surface area contributed by atoms with Crippen LogP contribution in [-0.4, -0.2) is 41.7 Å². The maximum absolute atomic E-state index is 11.9. The molecule has 5 heteroatoms. The Bertz CT molecular complexity index is 427. The van der Waals surface area contributed by atoms with Crippen molar-refractivity contribution in [3.8, 4) is 0 Å². The number of rotatable bonds is 6. The van der Waals surface area contributed by atoms with Crippen LogP contribution in [0.1, 0.15) is 43.0 Å². The molecule has 0 saturated carbocycles. The summed E-state index contributed by atoms with van der Waals surface area (Å²) in [6.07, 6.45) is 5.00. The summed E-state index contributed by atoms with van der Waals surface area (Å²) in [7, 11) is 0. The van der Waals surface area contributed by atoms with E-state index in [0.29, 0.717) is 24.9 Å². The molecule has 2 heterocycles. The molecule has 2 N–H and O–H groups in total. The summed E-state index contributed by atoms with van der Waals surface area (Å²) < 4.78 is 0. The standard InChI is InChI=1S/C15H23N3O2/c1-2-13(19)7-8-16-15(20)12-5-6-14(17-11-12)18-9-3-4-10-18/h5-6,11,13,19H,2-4,7-10H2,1H3,(H,16,20). The number of carbonyl (C=O) groups is 1. The summed E-state index contributed by atoms with van der Waals surface area (Å²) in [6.45, 7) is 4.51. The second kappa shape index (κ2) is 7.24. The van der Waals surface area contributed by atoms with Gasteiger partial charge in [0.1, 0.15) is 5.82 Å². The largest absolute Gasteiger partial charge is 0.393 e. The van der Waals surface area contributed by atoms with Crippen LogP contribution in [0.3, 0.4) is 0 Å². The first kappa shape index (κ1) is 14.8. The number of hydrogen-bond acceptors (Lipinski definition) is 4. The summed E-state index contributed by atoms with van der Waals surface area (Å²) in [5.41, 5.74) is 0.568. The van der Waals surface area contributed by atoms with E-state index in [9.17, 15) is 9.90 Å². The summed E-state index contributed by atoms with van der Waals surface area (Å²) in [4.78, 5) is 18.5. The SMILES string of the molecule is CCC(O)CCNC(=O)c1ccc(N2CCCC2)nc1. The Hall–Kier alpha value is -1.62. The van der Waals surface area contributed by atoms with Gasteiger partial charge >= 0.3 is 0 Å². The predicted octanol–water partition coefficient (Wildman–Crippen LogP) is 1.57. The van der Waals surface area contributed by atoms with Crippen molar-refractivity contribution in [3.63, 3.8) is 0 Å². The monoisotopic (exact) mass is 277 g/mol. The van der Waals surface area contributed by atoms with Gasteiger partial charge in [0.05, 0.1) is 11.7 Å². The normalized spacial score (nSPS) is 16.2. The van der Waals surface area contributed by atoms with E-state index < -0.39 is 0 Å². The van der Waals surface area contributed by atoms with Crippen molar-refractivity contribution < 1.29 is 9.90 Å². The first-order chi connectivity index (χ1) is 9.70. The maximum atomic E-state index is 11.9. The van der Waals surface area contributed by atoms with E-state index in [1.54, 1.807) is 6.20 Å². The molecule has 5 nitrogen and oxygen atoms in total. The summed E-state index contributed by atoms with van der Waals surface area (Å²) in [5.74, 6) is 0.814. The number of carbonyl (C=O) groups excluding carboxylic acids is 1. The van der Waals surface area contributed by atoms with Crippen LogP contribution < -0.4 is 10.2 Å². The Morgan fingerprint density at radius 2 is 2.20 bits per heavy atom. The highest BCUT2D eigenvalue weighted by atomic mass is 16.3. The van der Waals surface area contributed by atoms with Gasteiger partial charge in [-0.3, -0.25) is 4.79 Å². The zero-order valence-corrected chi connectivity index (χ0v) is 12.0. The lowest BCUT2D eigenvalue weighted by atomic mass is 10.2. The lowest BCUT2D eigenvalue weighted by Gasteiger charge is -2.16. The Morgan fingerprint density at radius 3 is 2.80 bits per heavy atom. The minimum atomic E-state index is -0.342. The molecule has 0 spiro atoms. The van der Waals surface area contributed by atoms with Crippen molar-refractivity contribution in [3.05, 3.63) is 23.9 Å². The highest BCUT2D eigenvalue weighted by Crippen LogP contribution is 2.17. The molecule has 1 amide bonds. The Labute approximate surface area is 120 Å². The lowest BCUT2D eigenvalue weighted by Crippen LogP contribution is -2.27. The lowest BCUT2D eigenvalue weighted by molar-refractivity contribution is 0.0941. The minimum absolute atomic E-state index is 0.131. The van der Waals surface area contributed by atoms with Crippen molar-refractivity contribution in [1.29, 1.82) is 0 Å². The molecule has 1 aliphatic heterocycles. The number of nitrogens with zero attached hydrogens (tertiary/aromatic N) is 2. The quantitative estimate of drug-likeness (QED) is 0.828. The van der Waals surface area contributed by atoms with Gasteiger partial charge in [0.2, 0.25) is 0 Å². The maximum Gasteiger partial charge on any atom is 0.252 e. The molecule has 1 aromatic rings. The van der Waals surface area contributed by atoms with E-state index in [4.69, 9.17) is 0 Å². The molecule has 0 aliphatic carbocycles. The van der Waals surface area contributed by atoms with E-state index in [2.05, 4.69) is 15.2 Å². The molecule has 1 atom stereocenters. The Kier molecular flexibility index (Phi) is 5.35. The molecule has 0 aromatic carbocycles. The van der Waals surface area contributed by atoms with Crippen molar-refractivity contribution >= 4 is 11.7 Å². The van der Waals surface area contributed by atoms with E-state index in [-0.39, 0.29) is 12.0 Å². The number of pyridine rings is 1. The smallest absolute Gasteiger partial charge is 0.252 e. The average Bonchev–Trinajstić information content (AvgIpc) is 3.01. The molecule has 1 unspecified atom stereocenters. The number of anilines is 1. The summed E-state index contributed by atoms with van der Waals surface area (Å²) in [5, 5.41) is 12.2. The van der Waals surface area contributed by atoms with Gasteiger partial charge in [0.25, 0.3) is 5.91 Å². The zero-order chi connectivity index (χ0) is 14.4. The minimum Gasteiger partial charge on any atom is -0.393 e. The van der Waals surface area contributed by atoms with Gasteiger partial charge < -0.3 is 15.3 Å². The topological polar surface area (TPSA) is 65.5 Å². The third-order valence-corrected chi connectivity index (χ3v) is 3.67. The number of aromatic nitrogens is 1. The van der Waals surface area contributed by atoms with Crippen LogP contribution in [0.25, 0.3) is 0 Å². The van der Waals surface area contributed by atoms with Gasteiger partial charge in [0, 0.05) is 25.8 Å². The summed E-state index contributed by atoms with van der Waals surface area (Å²) in [6, 6.07) is 3.72. The van der Waals surface area contributed by atoms with Gasteiger partial charge in [-0.2, -0.15) is 0 Å². The van der Waals surface area contributed by atoms with Crippen LogP contribution in [0.4, 0.5) is 5.82 Å². The first-order valence-corrected chi connectivity index (χ1v) is 7.38. The predicted molar refractivity (Wildman–Crippen MR) is 78.9 cm³/mol. The molecule has 0 bridgehead atoms. The summed E-state index contributed by atoms with van der Waals surface area (Å²) >= 11 is 0. The first-order valence-electron chi connectivity index (χ1n) is 7.38. The van der Waals surface area contributed by atoms with Gasteiger partial charge in [-0.1, -0.05) is 6.92 Å². The average molecular weight is 277 g/mol. The second-order valence-electron chi connectivity index (χ2n) is 5.21. The van der Waals surface area contributed by atoms with Crippen LogP contribution in [-0.2, 0) is 0 Å². The van der Waals surface area contributed by atoms with E-state index in [1.807, 2.05) is 19.1 Å². The van der Waals surface area contributed by atoms with Crippen LogP contribution in [0.5, 0.6) is 0 Å². The molecule has 20 heavy (non-hydrogen) atoms. The Morgan fingerprint density at radius 1 is 1.45 bits per heavy atom. The third kappa shape index (κ3) is 3.93. The highest BCUT2D eigenvalue weighted by Gasteiger charge is 2.14. The third-order valence-electron chi connectivity index (χ3n) is 3.67. The number of aliphatic hydroxyl groups excluding tert-OH is 1. The van der Waals surface area contributed by atoms with Gasteiger partial charge in [-0.05, 0) is 37.8 Å². The molecular formula is C15H23N3O2. The molecule has 110 valence electrons. The van der Waals surface area contributed by atoms with Gasteiger partial charge in [-0.25, -0.2) is 4.98 Å². The number of amides is 1. The fraction of sp³-hybridized carbons (Fsp3) is 0.600. The van der Waals surface area contributed by atoms with Crippen LogP contribution in [0.15, 0.2) is 18.3 Å². The van der Waals surface area contributed by atoms with Crippen molar-refractivity contribution in [1.82, 2.24) is 10.3 Å². The van der Waals surface area contributed by atoms with Gasteiger partial charge in [-0.15, -0.1) is 0 Å².